The third-order valence-corrected chi connectivity index (χ3v) is 4.06. The maximum Gasteiger partial charge on any atom is 0.133 e. The molecule has 0 aliphatic carbocycles. The lowest BCUT2D eigenvalue weighted by molar-refractivity contribution is 0.412. The molecule has 0 amide bonds. The normalized spacial score (nSPS) is 11.9. The quantitative estimate of drug-likeness (QED) is 0.847. The van der Waals surface area contributed by atoms with Crippen molar-refractivity contribution in [2.75, 3.05) is 31.4 Å². The van der Waals surface area contributed by atoms with Crippen LogP contribution in [0, 0.1) is 0 Å². The van der Waals surface area contributed by atoms with Gasteiger partial charge >= 0.3 is 0 Å². The van der Waals surface area contributed by atoms with Crippen molar-refractivity contribution in [2.45, 2.75) is 13.0 Å². The summed E-state index contributed by atoms with van der Waals surface area (Å²) in [5.74, 6) is 0.848. The van der Waals surface area contributed by atoms with Crippen LogP contribution in [0.4, 0.5) is 11.4 Å². The Bertz CT molecular complexity index is 596. The van der Waals surface area contributed by atoms with Gasteiger partial charge in [0, 0.05) is 31.5 Å². The van der Waals surface area contributed by atoms with Gasteiger partial charge in [0.1, 0.15) is 5.75 Å². The third kappa shape index (κ3) is 3.91. The zero-order chi connectivity index (χ0) is 15.4. The van der Waals surface area contributed by atoms with Crippen LogP contribution in [-0.2, 0) is 0 Å². The van der Waals surface area contributed by atoms with Crippen molar-refractivity contribution >= 4 is 27.3 Å². The van der Waals surface area contributed by atoms with Crippen LogP contribution in [0.1, 0.15) is 18.5 Å². The average molecular weight is 349 g/mol. The van der Waals surface area contributed by atoms with Crippen LogP contribution in [0.15, 0.2) is 46.9 Å². The summed E-state index contributed by atoms with van der Waals surface area (Å²) in [6.07, 6.45) is 0. The van der Waals surface area contributed by atoms with Crippen molar-refractivity contribution in [3.05, 3.63) is 52.5 Å². The molecule has 2 rings (SSSR count). The van der Waals surface area contributed by atoms with E-state index in [-0.39, 0.29) is 6.04 Å². The molecule has 0 heterocycles. The van der Waals surface area contributed by atoms with E-state index in [0.717, 1.165) is 15.9 Å². The molecule has 2 aromatic carbocycles. The summed E-state index contributed by atoms with van der Waals surface area (Å²) >= 11 is 3.53. The van der Waals surface area contributed by atoms with E-state index in [1.54, 1.807) is 7.11 Å². The fourth-order valence-electron chi connectivity index (χ4n) is 2.14. The number of nitrogens with one attached hydrogen (secondary N) is 1. The minimum Gasteiger partial charge on any atom is -0.496 e. The second-order valence-electron chi connectivity index (χ2n) is 5.20. The van der Waals surface area contributed by atoms with Gasteiger partial charge in [-0.2, -0.15) is 0 Å². The molecule has 0 aromatic heterocycles. The predicted octanol–water partition coefficient (Wildman–Crippen LogP) is 4.70. The molecule has 0 fully saturated rings. The van der Waals surface area contributed by atoms with E-state index in [4.69, 9.17) is 4.74 Å². The molecule has 0 saturated carbocycles. The molecule has 4 heteroatoms. The maximum atomic E-state index is 5.26. The lowest BCUT2D eigenvalue weighted by Gasteiger charge is -2.18. The van der Waals surface area contributed by atoms with Gasteiger partial charge in [-0.3, -0.25) is 0 Å². The number of nitrogens with zero attached hydrogens (tertiary/aromatic N) is 1. The van der Waals surface area contributed by atoms with Crippen molar-refractivity contribution in [1.82, 2.24) is 0 Å². The van der Waals surface area contributed by atoms with Crippen LogP contribution in [-0.4, -0.2) is 21.2 Å². The van der Waals surface area contributed by atoms with E-state index in [1.165, 1.54) is 11.3 Å². The molecule has 0 aliphatic heterocycles. The van der Waals surface area contributed by atoms with Crippen LogP contribution < -0.4 is 15.0 Å². The number of rotatable bonds is 5. The van der Waals surface area contributed by atoms with Crippen LogP contribution in [0.2, 0.25) is 0 Å². The molecule has 0 spiro atoms. The molecule has 0 saturated heterocycles. The highest BCUT2D eigenvalue weighted by atomic mass is 79.9. The summed E-state index contributed by atoms with van der Waals surface area (Å²) in [6, 6.07) is 14.8. The first-order valence-corrected chi connectivity index (χ1v) is 7.68. The van der Waals surface area contributed by atoms with Crippen LogP contribution >= 0.6 is 15.9 Å². The van der Waals surface area contributed by atoms with Gasteiger partial charge < -0.3 is 15.0 Å². The zero-order valence-electron chi connectivity index (χ0n) is 12.9. The van der Waals surface area contributed by atoms with Crippen LogP contribution in [0.5, 0.6) is 5.75 Å². The Hall–Kier alpha value is -1.68. The van der Waals surface area contributed by atoms with E-state index in [2.05, 4.69) is 69.5 Å². The topological polar surface area (TPSA) is 24.5 Å². The van der Waals surface area contributed by atoms with Crippen LogP contribution in [0.3, 0.4) is 0 Å². The summed E-state index contributed by atoms with van der Waals surface area (Å²) in [5.41, 5.74) is 3.51. The molecule has 21 heavy (non-hydrogen) atoms. The van der Waals surface area contributed by atoms with Gasteiger partial charge in [-0.25, -0.2) is 0 Å². The summed E-state index contributed by atoms with van der Waals surface area (Å²) < 4.78 is 6.23. The molecule has 2 aromatic rings. The highest BCUT2D eigenvalue weighted by Crippen LogP contribution is 2.29. The summed E-state index contributed by atoms with van der Waals surface area (Å²) in [7, 11) is 5.76. The average Bonchev–Trinajstić information content (AvgIpc) is 2.47. The smallest absolute Gasteiger partial charge is 0.133 e. The van der Waals surface area contributed by atoms with E-state index in [9.17, 15) is 0 Å². The first kappa shape index (κ1) is 15.7. The van der Waals surface area contributed by atoms with Crippen LogP contribution in [0.25, 0.3) is 0 Å². The molecule has 1 unspecified atom stereocenters. The third-order valence-electron chi connectivity index (χ3n) is 3.44. The molecule has 0 aliphatic rings. The molecular formula is C17H21BrN2O. The Morgan fingerprint density at radius 2 is 1.76 bits per heavy atom. The van der Waals surface area contributed by atoms with E-state index >= 15 is 0 Å². The fraction of sp³-hybridized carbons (Fsp3) is 0.294. The standard InChI is InChI=1S/C17H21BrN2O/c1-12(13-5-10-17(21-4)16(18)11-13)19-14-6-8-15(9-7-14)20(2)3/h5-12,19H,1-4H3. The number of methoxy groups -OCH3 is 1. The van der Waals surface area contributed by atoms with Crippen molar-refractivity contribution in [2.24, 2.45) is 0 Å². The molecule has 0 radical (unpaired) electrons. The number of benzene rings is 2. The monoisotopic (exact) mass is 348 g/mol. The number of ether oxygens (including phenoxy) is 1. The molecule has 1 N–H and O–H groups in total. The highest BCUT2D eigenvalue weighted by Gasteiger charge is 2.08. The zero-order valence-corrected chi connectivity index (χ0v) is 14.4. The lowest BCUT2D eigenvalue weighted by atomic mass is 10.1. The molecular weight excluding hydrogens is 328 g/mol. The fourth-order valence-corrected chi connectivity index (χ4v) is 2.70. The summed E-state index contributed by atoms with van der Waals surface area (Å²) in [5, 5.41) is 3.51. The SMILES string of the molecule is COc1ccc(C(C)Nc2ccc(N(C)C)cc2)cc1Br. The second-order valence-corrected chi connectivity index (χ2v) is 6.06. The number of hydrogen-bond donors (Lipinski definition) is 1. The largest absolute Gasteiger partial charge is 0.496 e. The van der Waals surface area contributed by atoms with Gasteiger partial charge in [-0.1, -0.05) is 6.07 Å². The van der Waals surface area contributed by atoms with Gasteiger partial charge in [-0.05, 0) is 64.8 Å². The lowest BCUT2D eigenvalue weighted by Crippen LogP contribution is -2.09. The summed E-state index contributed by atoms with van der Waals surface area (Å²) in [4.78, 5) is 2.09. The Morgan fingerprint density at radius 1 is 1.10 bits per heavy atom. The Kier molecular flexibility index (Phi) is 5.12. The van der Waals surface area contributed by atoms with Crippen molar-refractivity contribution in [1.29, 1.82) is 0 Å². The Morgan fingerprint density at radius 3 is 2.29 bits per heavy atom. The summed E-state index contributed by atoms with van der Waals surface area (Å²) in [6.45, 7) is 2.15. The van der Waals surface area contributed by atoms with Crippen molar-refractivity contribution < 1.29 is 4.74 Å². The Labute approximate surface area is 135 Å². The molecule has 112 valence electrons. The highest BCUT2D eigenvalue weighted by molar-refractivity contribution is 9.10. The predicted molar refractivity (Wildman–Crippen MR) is 93.5 cm³/mol. The van der Waals surface area contributed by atoms with Gasteiger partial charge in [0.25, 0.3) is 0 Å². The minimum absolute atomic E-state index is 0.220. The molecule has 0 bridgehead atoms. The van der Waals surface area contributed by atoms with Crippen molar-refractivity contribution in [3.8, 4) is 5.75 Å². The number of anilines is 2. The van der Waals surface area contributed by atoms with E-state index in [1.807, 2.05) is 20.2 Å². The maximum absolute atomic E-state index is 5.26. The van der Waals surface area contributed by atoms with E-state index < -0.39 is 0 Å². The number of halogens is 1. The molecule has 3 nitrogen and oxygen atoms in total. The second kappa shape index (κ2) is 6.85. The van der Waals surface area contributed by atoms with Gasteiger partial charge in [0.05, 0.1) is 11.6 Å². The first-order valence-electron chi connectivity index (χ1n) is 6.88. The molecule has 1 atom stereocenters. The van der Waals surface area contributed by atoms with Gasteiger partial charge in [-0.15, -0.1) is 0 Å². The Balaban J connectivity index is 2.10. The first-order chi connectivity index (χ1) is 10.0. The minimum atomic E-state index is 0.220. The van der Waals surface area contributed by atoms with E-state index in [0.29, 0.717) is 0 Å². The number of hydrogen-bond acceptors (Lipinski definition) is 3. The van der Waals surface area contributed by atoms with Crippen molar-refractivity contribution in [3.63, 3.8) is 0 Å². The van der Waals surface area contributed by atoms with Gasteiger partial charge in [0.2, 0.25) is 0 Å². The van der Waals surface area contributed by atoms with Gasteiger partial charge in [0.15, 0.2) is 0 Å².